The van der Waals surface area contributed by atoms with E-state index in [0.717, 1.165) is 41.4 Å². The van der Waals surface area contributed by atoms with E-state index in [2.05, 4.69) is 15.4 Å². The number of aromatic nitrogens is 3. The van der Waals surface area contributed by atoms with Gasteiger partial charge in [0.25, 0.3) is 0 Å². The van der Waals surface area contributed by atoms with Gasteiger partial charge in [0.05, 0.1) is 6.20 Å². The average Bonchev–Trinajstić information content (AvgIpc) is 3.14. The van der Waals surface area contributed by atoms with E-state index >= 15 is 0 Å². The molecular weight excluding hydrogens is 268 g/mol. The smallest absolute Gasteiger partial charge is 0.231 e. The number of nitrogens with one attached hydrogen (secondary N) is 1. The molecule has 0 atom stereocenters. The van der Waals surface area contributed by atoms with E-state index in [1.54, 1.807) is 10.7 Å². The second-order valence-electron chi connectivity index (χ2n) is 4.89. The van der Waals surface area contributed by atoms with Crippen molar-refractivity contribution in [3.8, 4) is 11.5 Å². The van der Waals surface area contributed by atoms with Crippen LogP contribution in [-0.2, 0) is 13.1 Å². The molecule has 0 radical (unpaired) electrons. The molecular formula is C15H14N4O2. The van der Waals surface area contributed by atoms with E-state index < -0.39 is 0 Å². The Bertz CT molecular complexity index is 784. The van der Waals surface area contributed by atoms with Gasteiger partial charge in [0.1, 0.15) is 0 Å². The van der Waals surface area contributed by atoms with Crippen molar-refractivity contribution in [2.24, 2.45) is 0 Å². The lowest BCUT2D eigenvalue weighted by molar-refractivity contribution is 0.174. The van der Waals surface area contributed by atoms with Crippen LogP contribution >= 0.6 is 0 Å². The predicted molar refractivity (Wildman–Crippen MR) is 76.1 cm³/mol. The highest BCUT2D eigenvalue weighted by molar-refractivity contribution is 5.44. The van der Waals surface area contributed by atoms with E-state index in [4.69, 9.17) is 9.47 Å². The first kappa shape index (κ1) is 12.2. The minimum Gasteiger partial charge on any atom is -0.454 e. The summed E-state index contributed by atoms with van der Waals surface area (Å²) in [7, 11) is 0. The summed E-state index contributed by atoms with van der Waals surface area (Å²) in [5, 5.41) is 7.57. The zero-order valence-corrected chi connectivity index (χ0v) is 11.3. The third-order valence-corrected chi connectivity index (χ3v) is 3.40. The number of hydrogen-bond acceptors (Lipinski definition) is 5. The van der Waals surface area contributed by atoms with Crippen LogP contribution in [0.5, 0.6) is 11.5 Å². The summed E-state index contributed by atoms with van der Waals surface area (Å²) in [6.07, 6.45) is 5.59. The fraction of sp³-hybridized carbons (Fsp3) is 0.200. The highest BCUT2D eigenvalue weighted by atomic mass is 16.7. The van der Waals surface area contributed by atoms with Gasteiger partial charge in [-0.25, -0.2) is 9.50 Å². The van der Waals surface area contributed by atoms with E-state index in [9.17, 15) is 0 Å². The second-order valence-corrected chi connectivity index (χ2v) is 4.89. The molecule has 0 spiro atoms. The van der Waals surface area contributed by atoms with Crippen molar-refractivity contribution in [3.63, 3.8) is 0 Å². The molecule has 0 unspecified atom stereocenters. The lowest BCUT2D eigenvalue weighted by atomic mass is 10.2. The summed E-state index contributed by atoms with van der Waals surface area (Å²) in [6, 6.07) is 7.86. The van der Waals surface area contributed by atoms with Crippen LogP contribution in [0.1, 0.15) is 11.1 Å². The molecule has 21 heavy (non-hydrogen) atoms. The largest absolute Gasteiger partial charge is 0.454 e. The monoisotopic (exact) mass is 282 g/mol. The number of benzene rings is 1. The molecule has 6 nitrogen and oxygen atoms in total. The fourth-order valence-corrected chi connectivity index (χ4v) is 2.34. The Morgan fingerprint density at radius 2 is 2.00 bits per heavy atom. The Morgan fingerprint density at radius 3 is 3.00 bits per heavy atom. The summed E-state index contributed by atoms with van der Waals surface area (Å²) in [5.74, 6) is 1.63. The number of ether oxygens (including phenoxy) is 2. The molecule has 0 bridgehead atoms. The highest BCUT2D eigenvalue weighted by Gasteiger charge is 2.12. The number of fused-ring (bicyclic) bond motifs is 2. The van der Waals surface area contributed by atoms with Crippen molar-refractivity contribution in [2.45, 2.75) is 13.1 Å². The fourth-order valence-electron chi connectivity index (χ4n) is 2.34. The van der Waals surface area contributed by atoms with Gasteiger partial charge in [-0.2, -0.15) is 5.10 Å². The molecule has 1 aromatic carbocycles. The Balaban J connectivity index is 1.40. The molecule has 4 rings (SSSR count). The molecule has 1 aliphatic heterocycles. The van der Waals surface area contributed by atoms with Crippen LogP contribution in [0.2, 0.25) is 0 Å². The molecule has 0 saturated heterocycles. The van der Waals surface area contributed by atoms with E-state index in [1.165, 1.54) is 0 Å². The van der Waals surface area contributed by atoms with Crippen molar-refractivity contribution in [2.75, 3.05) is 6.79 Å². The van der Waals surface area contributed by atoms with Gasteiger partial charge in [0.15, 0.2) is 17.1 Å². The zero-order valence-electron chi connectivity index (χ0n) is 11.3. The molecule has 0 amide bonds. The molecule has 0 saturated carbocycles. The normalized spacial score (nSPS) is 13.0. The number of rotatable bonds is 4. The molecule has 2 aromatic heterocycles. The summed E-state index contributed by atoms with van der Waals surface area (Å²) in [4.78, 5) is 4.34. The minimum atomic E-state index is 0.307. The summed E-state index contributed by atoms with van der Waals surface area (Å²) >= 11 is 0. The molecule has 3 aromatic rings. The van der Waals surface area contributed by atoms with Crippen molar-refractivity contribution < 1.29 is 9.47 Å². The Hall–Kier alpha value is -2.60. The van der Waals surface area contributed by atoms with Gasteiger partial charge in [-0.3, -0.25) is 0 Å². The van der Waals surface area contributed by atoms with Gasteiger partial charge in [0, 0.05) is 37.1 Å². The molecule has 0 aliphatic carbocycles. The van der Waals surface area contributed by atoms with E-state index in [1.807, 2.05) is 36.7 Å². The quantitative estimate of drug-likeness (QED) is 0.790. The van der Waals surface area contributed by atoms with Gasteiger partial charge >= 0.3 is 0 Å². The van der Waals surface area contributed by atoms with Crippen LogP contribution in [-0.4, -0.2) is 21.4 Å². The van der Waals surface area contributed by atoms with Crippen LogP contribution in [0.4, 0.5) is 0 Å². The minimum absolute atomic E-state index is 0.307. The highest BCUT2D eigenvalue weighted by Crippen LogP contribution is 2.32. The zero-order chi connectivity index (χ0) is 14.1. The number of nitrogens with zero attached hydrogens (tertiary/aromatic N) is 3. The molecule has 3 heterocycles. The van der Waals surface area contributed by atoms with Crippen LogP contribution < -0.4 is 14.8 Å². The third kappa shape index (κ3) is 2.41. The summed E-state index contributed by atoms with van der Waals surface area (Å²) in [6.45, 7) is 1.80. The maximum atomic E-state index is 5.37. The van der Waals surface area contributed by atoms with Gasteiger partial charge in [-0.05, 0) is 17.7 Å². The van der Waals surface area contributed by atoms with Gasteiger partial charge < -0.3 is 14.8 Å². The van der Waals surface area contributed by atoms with E-state index in [-0.39, 0.29) is 0 Å². The van der Waals surface area contributed by atoms with Crippen molar-refractivity contribution in [3.05, 3.63) is 54.0 Å². The molecule has 0 fully saturated rings. The SMILES string of the molecule is c1cc2ncc(CNCc3ccc4c(c3)OCO4)cn2n1. The van der Waals surface area contributed by atoms with Gasteiger partial charge in [0.2, 0.25) is 6.79 Å². The molecule has 106 valence electrons. The third-order valence-electron chi connectivity index (χ3n) is 3.40. The number of hydrogen-bond donors (Lipinski definition) is 1. The van der Waals surface area contributed by atoms with Crippen LogP contribution in [0, 0.1) is 0 Å². The Kier molecular flexibility index (Phi) is 2.93. The van der Waals surface area contributed by atoms with Gasteiger partial charge in [-0.1, -0.05) is 6.07 Å². The molecule has 6 heteroatoms. The van der Waals surface area contributed by atoms with Gasteiger partial charge in [-0.15, -0.1) is 0 Å². The average molecular weight is 282 g/mol. The van der Waals surface area contributed by atoms with Crippen LogP contribution in [0.25, 0.3) is 5.65 Å². The maximum Gasteiger partial charge on any atom is 0.231 e. The second kappa shape index (κ2) is 5.06. The standard InChI is InChI=1S/C15H14N4O2/c1-2-13-14(21-10-20-13)5-11(1)6-16-7-12-8-17-15-3-4-18-19(15)9-12/h1-5,8-9,16H,6-7,10H2. The van der Waals surface area contributed by atoms with E-state index in [0.29, 0.717) is 6.79 Å². The molecule has 1 aliphatic rings. The first-order valence-corrected chi connectivity index (χ1v) is 6.76. The first-order chi connectivity index (χ1) is 10.4. The van der Waals surface area contributed by atoms with Crippen LogP contribution in [0.3, 0.4) is 0 Å². The lowest BCUT2D eigenvalue weighted by Gasteiger charge is -2.06. The summed E-state index contributed by atoms with van der Waals surface area (Å²) < 4.78 is 12.4. The van der Waals surface area contributed by atoms with Crippen LogP contribution in [0.15, 0.2) is 42.9 Å². The summed E-state index contributed by atoms with van der Waals surface area (Å²) in [5.41, 5.74) is 3.11. The molecule has 1 N–H and O–H groups in total. The topological polar surface area (TPSA) is 60.7 Å². The lowest BCUT2D eigenvalue weighted by Crippen LogP contribution is -2.13. The van der Waals surface area contributed by atoms with Crippen molar-refractivity contribution >= 4 is 5.65 Å². The maximum absolute atomic E-state index is 5.37. The van der Waals surface area contributed by atoms with Crippen molar-refractivity contribution in [1.29, 1.82) is 0 Å². The predicted octanol–water partition coefficient (Wildman–Crippen LogP) is 1.75. The Morgan fingerprint density at radius 1 is 1.10 bits per heavy atom. The Labute approximate surface area is 121 Å². The first-order valence-electron chi connectivity index (χ1n) is 6.76. The van der Waals surface area contributed by atoms with Crippen molar-refractivity contribution in [1.82, 2.24) is 19.9 Å².